The van der Waals surface area contributed by atoms with Crippen LogP contribution in [0, 0.1) is 0 Å². The number of carbonyl (C=O) groups excluding carboxylic acids is 2. The van der Waals surface area contributed by atoms with Crippen molar-refractivity contribution in [3.8, 4) is 0 Å². The van der Waals surface area contributed by atoms with Gasteiger partial charge in [0.2, 0.25) is 11.8 Å². The minimum Gasteiger partial charge on any atom is -0.345 e. The smallest absolute Gasteiger partial charge is 0.227 e. The van der Waals surface area contributed by atoms with E-state index in [1.807, 2.05) is 45.6 Å². The van der Waals surface area contributed by atoms with Crippen LogP contribution in [0.1, 0.15) is 18.4 Å². The van der Waals surface area contributed by atoms with Crippen LogP contribution in [0.15, 0.2) is 35.8 Å². The van der Waals surface area contributed by atoms with Gasteiger partial charge in [-0.25, -0.2) is 4.98 Å². The van der Waals surface area contributed by atoms with Crippen LogP contribution >= 0.6 is 11.3 Å². The van der Waals surface area contributed by atoms with Gasteiger partial charge in [-0.2, -0.15) is 0 Å². The first kappa shape index (κ1) is 17.0. The van der Waals surface area contributed by atoms with E-state index in [-0.39, 0.29) is 11.8 Å². The van der Waals surface area contributed by atoms with Crippen molar-refractivity contribution >= 4 is 34.0 Å². The van der Waals surface area contributed by atoms with E-state index < -0.39 is 0 Å². The number of piperazine rings is 1. The van der Waals surface area contributed by atoms with Gasteiger partial charge in [0.05, 0.1) is 6.42 Å². The molecule has 3 heterocycles. The molecule has 136 valence electrons. The number of amides is 2. The number of hydrogen-bond donors (Lipinski definition) is 0. The predicted octanol–water partition coefficient (Wildman–Crippen LogP) is 2.16. The quantitative estimate of drug-likeness (QED) is 0.828. The van der Waals surface area contributed by atoms with Crippen LogP contribution in [0.2, 0.25) is 0 Å². The van der Waals surface area contributed by atoms with Gasteiger partial charge in [-0.1, -0.05) is 12.1 Å². The number of aromatic nitrogens is 1. The number of benzene rings is 1. The maximum Gasteiger partial charge on any atom is 0.227 e. The van der Waals surface area contributed by atoms with Gasteiger partial charge in [0.15, 0.2) is 5.13 Å². The second-order valence-electron chi connectivity index (χ2n) is 6.67. The first-order valence-corrected chi connectivity index (χ1v) is 9.90. The predicted molar refractivity (Wildman–Crippen MR) is 103 cm³/mol. The van der Waals surface area contributed by atoms with Crippen LogP contribution in [-0.4, -0.2) is 54.4 Å². The minimum atomic E-state index is 0.161. The number of hydrogen-bond acceptors (Lipinski definition) is 5. The molecule has 2 aliphatic heterocycles. The van der Waals surface area contributed by atoms with Gasteiger partial charge in [0.1, 0.15) is 0 Å². The number of anilines is 2. The highest BCUT2D eigenvalue weighted by Crippen LogP contribution is 2.22. The summed E-state index contributed by atoms with van der Waals surface area (Å²) in [7, 11) is 0. The highest BCUT2D eigenvalue weighted by atomic mass is 32.1. The Morgan fingerprint density at radius 3 is 2.46 bits per heavy atom. The van der Waals surface area contributed by atoms with E-state index in [0.29, 0.717) is 12.8 Å². The summed E-state index contributed by atoms with van der Waals surface area (Å²) in [6.45, 7) is 3.92. The molecule has 0 radical (unpaired) electrons. The lowest BCUT2D eigenvalue weighted by Crippen LogP contribution is -2.49. The van der Waals surface area contributed by atoms with Crippen molar-refractivity contribution in [3.05, 3.63) is 41.4 Å². The summed E-state index contributed by atoms with van der Waals surface area (Å²) in [6, 6.07) is 7.83. The van der Waals surface area contributed by atoms with E-state index in [2.05, 4.69) is 9.88 Å². The van der Waals surface area contributed by atoms with Crippen LogP contribution in [0.25, 0.3) is 0 Å². The Morgan fingerprint density at radius 1 is 1.08 bits per heavy atom. The lowest BCUT2D eigenvalue weighted by molar-refractivity contribution is -0.130. The van der Waals surface area contributed by atoms with Crippen LogP contribution in [0.3, 0.4) is 0 Å². The summed E-state index contributed by atoms with van der Waals surface area (Å²) in [6.07, 6.45) is 3.78. The fourth-order valence-electron chi connectivity index (χ4n) is 3.52. The molecule has 1 aromatic carbocycles. The van der Waals surface area contributed by atoms with Gasteiger partial charge in [-0.05, 0) is 24.1 Å². The standard InChI is InChI=1S/C19H22N4O2S/c24-17-2-1-8-23(17)16-5-3-15(4-6-16)14-18(25)21-9-11-22(12-10-21)19-20-7-13-26-19/h3-7,13H,1-2,8-12,14H2. The summed E-state index contributed by atoms with van der Waals surface area (Å²) >= 11 is 1.64. The summed E-state index contributed by atoms with van der Waals surface area (Å²) in [4.78, 5) is 34.7. The average Bonchev–Trinajstić information content (AvgIpc) is 3.34. The van der Waals surface area contributed by atoms with Crippen LogP contribution in [0.5, 0.6) is 0 Å². The lowest BCUT2D eigenvalue weighted by Gasteiger charge is -2.34. The van der Waals surface area contributed by atoms with Crippen molar-refractivity contribution in [2.24, 2.45) is 0 Å². The van der Waals surface area contributed by atoms with Crippen molar-refractivity contribution in [2.45, 2.75) is 19.3 Å². The Morgan fingerprint density at radius 2 is 1.85 bits per heavy atom. The highest BCUT2D eigenvalue weighted by Gasteiger charge is 2.23. The molecule has 0 N–H and O–H groups in total. The Balaban J connectivity index is 1.31. The van der Waals surface area contributed by atoms with E-state index in [0.717, 1.165) is 55.5 Å². The van der Waals surface area contributed by atoms with Crippen molar-refractivity contribution in [2.75, 3.05) is 42.5 Å². The van der Waals surface area contributed by atoms with E-state index in [1.165, 1.54) is 0 Å². The molecule has 2 amide bonds. The molecule has 1 aromatic heterocycles. The van der Waals surface area contributed by atoms with Gasteiger partial charge in [-0.3, -0.25) is 9.59 Å². The molecular weight excluding hydrogens is 348 g/mol. The first-order valence-electron chi connectivity index (χ1n) is 9.02. The Hall–Kier alpha value is -2.41. The van der Waals surface area contributed by atoms with Crippen molar-refractivity contribution in [3.63, 3.8) is 0 Å². The molecule has 0 spiro atoms. The Kier molecular flexibility index (Phi) is 4.88. The maximum absolute atomic E-state index is 12.6. The molecule has 2 fully saturated rings. The summed E-state index contributed by atoms with van der Waals surface area (Å²) in [5.74, 6) is 0.348. The molecule has 4 rings (SSSR count). The van der Waals surface area contributed by atoms with Gasteiger partial charge in [0, 0.05) is 56.4 Å². The monoisotopic (exact) mass is 370 g/mol. The van der Waals surface area contributed by atoms with E-state index in [1.54, 1.807) is 11.3 Å². The van der Waals surface area contributed by atoms with Gasteiger partial charge >= 0.3 is 0 Å². The molecule has 2 saturated heterocycles. The average molecular weight is 370 g/mol. The molecule has 26 heavy (non-hydrogen) atoms. The van der Waals surface area contributed by atoms with E-state index >= 15 is 0 Å². The molecule has 6 nitrogen and oxygen atoms in total. The fourth-order valence-corrected chi connectivity index (χ4v) is 4.22. The number of carbonyl (C=O) groups is 2. The zero-order valence-corrected chi connectivity index (χ0v) is 15.5. The number of rotatable bonds is 4. The molecule has 0 aliphatic carbocycles. The number of nitrogens with zero attached hydrogens (tertiary/aromatic N) is 4. The lowest BCUT2D eigenvalue weighted by atomic mass is 10.1. The molecule has 0 bridgehead atoms. The third-order valence-corrected chi connectivity index (χ3v) is 5.83. The van der Waals surface area contributed by atoms with E-state index in [9.17, 15) is 9.59 Å². The summed E-state index contributed by atoms with van der Waals surface area (Å²) < 4.78 is 0. The topological polar surface area (TPSA) is 56.8 Å². The molecular formula is C19H22N4O2S. The second kappa shape index (κ2) is 7.45. The van der Waals surface area contributed by atoms with Gasteiger partial charge < -0.3 is 14.7 Å². The first-order chi connectivity index (χ1) is 12.7. The fraction of sp³-hybridized carbons (Fsp3) is 0.421. The molecule has 0 atom stereocenters. The van der Waals surface area contributed by atoms with Crippen molar-refractivity contribution in [1.29, 1.82) is 0 Å². The molecule has 0 unspecified atom stereocenters. The van der Waals surface area contributed by atoms with Crippen LogP contribution < -0.4 is 9.80 Å². The van der Waals surface area contributed by atoms with Crippen LogP contribution in [-0.2, 0) is 16.0 Å². The van der Waals surface area contributed by atoms with Crippen LogP contribution in [0.4, 0.5) is 10.8 Å². The molecule has 2 aliphatic rings. The van der Waals surface area contributed by atoms with Crippen molar-refractivity contribution < 1.29 is 9.59 Å². The third-order valence-electron chi connectivity index (χ3n) is 5.00. The third kappa shape index (κ3) is 3.58. The molecule has 0 saturated carbocycles. The zero-order valence-electron chi connectivity index (χ0n) is 14.6. The van der Waals surface area contributed by atoms with Gasteiger partial charge in [-0.15, -0.1) is 11.3 Å². The SMILES string of the molecule is O=C(Cc1ccc(N2CCCC2=O)cc1)N1CCN(c2nccs2)CC1. The normalized spacial score (nSPS) is 17.8. The minimum absolute atomic E-state index is 0.161. The Bertz CT molecular complexity index is 767. The van der Waals surface area contributed by atoms with Gasteiger partial charge in [0.25, 0.3) is 0 Å². The summed E-state index contributed by atoms with van der Waals surface area (Å²) in [5, 5.41) is 3.01. The largest absolute Gasteiger partial charge is 0.345 e. The molecule has 2 aromatic rings. The maximum atomic E-state index is 12.6. The Labute approximate surface area is 157 Å². The van der Waals surface area contributed by atoms with E-state index in [4.69, 9.17) is 0 Å². The number of thiazole rings is 1. The zero-order chi connectivity index (χ0) is 17.9. The molecule has 7 heteroatoms. The van der Waals surface area contributed by atoms with Crippen molar-refractivity contribution in [1.82, 2.24) is 9.88 Å². The highest BCUT2D eigenvalue weighted by molar-refractivity contribution is 7.13. The second-order valence-corrected chi connectivity index (χ2v) is 7.55. The summed E-state index contributed by atoms with van der Waals surface area (Å²) in [5.41, 5.74) is 1.92.